The van der Waals surface area contributed by atoms with E-state index in [0.29, 0.717) is 49.3 Å². The van der Waals surface area contributed by atoms with Crippen molar-refractivity contribution in [3.63, 3.8) is 0 Å². The number of unbranched alkanes of at least 4 members (excludes halogenated alkanes) is 2. The van der Waals surface area contributed by atoms with Gasteiger partial charge in [-0.15, -0.1) is 0 Å². The molecule has 0 aromatic heterocycles. The number of carboxylic acids is 3. The van der Waals surface area contributed by atoms with Crippen LogP contribution in [0.4, 0.5) is 4.79 Å². The molecule has 46 heavy (non-hydrogen) atoms. The van der Waals surface area contributed by atoms with Gasteiger partial charge in [0.2, 0.25) is 6.10 Å². The number of halogens is 1. The fraction of sp³-hybridized carbons (Fsp3) is 0.419. The zero-order valence-electron chi connectivity index (χ0n) is 25.3. The summed E-state index contributed by atoms with van der Waals surface area (Å²) in [5, 5.41) is 34.8. The molecule has 2 aromatic carbocycles. The average Bonchev–Trinajstić information content (AvgIpc) is 3.00. The molecule has 14 nitrogen and oxygen atoms in total. The Balaban J connectivity index is 1.75. The third-order valence-corrected chi connectivity index (χ3v) is 7.23. The first-order chi connectivity index (χ1) is 21.9. The highest BCUT2D eigenvalue weighted by atomic mass is 127. The summed E-state index contributed by atoms with van der Waals surface area (Å²) < 4.78 is 11.6. The molecule has 2 rings (SSSR count). The molecule has 2 atom stereocenters. The molecule has 0 aliphatic carbocycles. The van der Waals surface area contributed by atoms with Crippen LogP contribution in [0.1, 0.15) is 71.2 Å². The van der Waals surface area contributed by atoms with Crippen LogP contribution in [0.5, 0.6) is 5.75 Å². The molecule has 0 radical (unpaired) electrons. The normalized spacial score (nSPS) is 11.9. The van der Waals surface area contributed by atoms with Crippen LogP contribution >= 0.6 is 22.6 Å². The van der Waals surface area contributed by atoms with Gasteiger partial charge in [-0.25, -0.2) is 14.4 Å². The minimum atomic E-state index is -1.57. The molecule has 2 aromatic rings. The van der Waals surface area contributed by atoms with E-state index in [9.17, 15) is 33.9 Å². The summed E-state index contributed by atoms with van der Waals surface area (Å²) in [6.07, 6.45) is -1.96. The number of ether oxygens (including phenoxy) is 2. The topological polar surface area (TPSA) is 218 Å². The summed E-state index contributed by atoms with van der Waals surface area (Å²) in [5.74, 6) is -4.30. The number of carbonyl (C=O) groups excluding carboxylic acids is 3. The van der Waals surface area contributed by atoms with E-state index >= 15 is 0 Å². The second-order valence-electron chi connectivity index (χ2n) is 10.3. The number of alkyl carbamates (subject to hydrolysis) is 1. The Bertz CT molecular complexity index is 1370. The van der Waals surface area contributed by atoms with Crippen molar-refractivity contribution in [2.24, 2.45) is 0 Å². The smallest absolute Gasteiger partial charge is 0.408 e. The van der Waals surface area contributed by atoms with Crippen molar-refractivity contribution >= 4 is 58.4 Å². The molecule has 0 spiro atoms. The molecule has 0 aliphatic rings. The molecule has 250 valence electrons. The lowest BCUT2D eigenvalue weighted by atomic mass is 10.1. The van der Waals surface area contributed by atoms with Crippen LogP contribution in [0.2, 0.25) is 0 Å². The van der Waals surface area contributed by atoms with Gasteiger partial charge in [0.15, 0.2) is 0 Å². The molecule has 6 N–H and O–H groups in total. The number of amides is 3. The van der Waals surface area contributed by atoms with Gasteiger partial charge in [0, 0.05) is 28.6 Å². The summed E-state index contributed by atoms with van der Waals surface area (Å²) >= 11 is 2.11. The van der Waals surface area contributed by atoms with E-state index in [4.69, 9.17) is 19.7 Å². The first kappa shape index (κ1) is 37.8. The first-order valence-corrected chi connectivity index (χ1v) is 15.6. The van der Waals surface area contributed by atoms with Crippen molar-refractivity contribution in [2.75, 3.05) is 19.7 Å². The Kier molecular flexibility index (Phi) is 16.3. The summed E-state index contributed by atoms with van der Waals surface area (Å²) in [7, 11) is 0. The number of nitrogens with one attached hydrogen (secondary N) is 3. The SMILES string of the molecule is Cc1ccc(C(=O)NCCCCOc2cc(I)ccc2C(=O)NCCCC[C@H](OC(=O)N[C@@H](CCC(=O)O)C(=O)O)C(=O)O)cc1. The maximum Gasteiger partial charge on any atom is 0.408 e. The number of carboxylic acid groups (broad SMARTS) is 3. The molecule has 0 heterocycles. The van der Waals surface area contributed by atoms with Gasteiger partial charge in [0.05, 0.1) is 12.2 Å². The quantitative estimate of drug-likeness (QED) is 0.0848. The van der Waals surface area contributed by atoms with Gasteiger partial charge in [-0.3, -0.25) is 14.4 Å². The van der Waals surface area contributed by atoms with Crippen molar-refractivity contribution in [3.8, 4) is 5.75 Å². The fourth-order valence-corrected chi connectivity index (χ4v) is 4.50. The average molecular weight is 756 g/mol. The lowest BCUT2D eigenvalue weighted by Gasteiger charge is -2.17. The molecule has 15 heteroatoms. The van der Waals surface area contributed by atoms with Crippen molar-refractivity contribution in [3.05, 3.63) is 62.7 Å². The van der Waals surface area contributed by atoms with Crippen LogP contribution in [0.25, 0.3) is 0 Å². The van der Waals surface area contributed by atoms with E-state index in [2.05, 4.69) is 33.2 Å². The van der Waals surface area contributed by atoms with E-state index < -0.39 is 49.0 Å². The summed E-state index contributed by atoms with van der Waals surface area (Å²) in [5.41, 5.74) is 1.99. The molecule has 0 aliphatic heterocycles. The monoisotopic (exact) mass is 755 g/mol. The van der Waals surface area contributed by atoms with Gasteiger partial charge in [-0.05, 0) is 98.4 Å². The number of carbonyl (C=O) groups is 6. The Morgan fingerprint density at radius 1 is 0.804 bits per heavy atom. The van der Waals surface area contributed by atoms with Crippen molar-refractivity contribution < 1.29 is 53.6 Å². The number of benzene rings is 2. The third kappa shape index (κ3) is 14.1. The number of aryl methyl sites for hydroxylation is 1. The second kappa shape index (κ2) is 19.9. The largest absolute Gasteiger partial charge is 0.493 e. The van der Waals surface area contributed by atoms with Crippen molar-refractivity contribution in [1.29, 1.82) is 0 Å². The Labute approximate surface area is 279 Å². The predicted octanol–water partition coefficient (Wildman–Crippen LogP) is 3.59. The highest BCUT2D eigenvalue weighted by molar-refractivity contribution is 14.1. The van der Waals surface area contributed by atoms with E-state index in [1.807, 2.05) is 24.4 Å². The van der Waals surface area contributed by atoms with Gasteiger partial charge in [-0.1, -0.05) is 17.7 Å². The molecular formula is C31H38IN3O11. The predicted molar refractivity (Wildman–Crippen MR) is 173 cm³/mol. The first-order valence-electron chi connectivity index (χ1n) is 14.6. The zero-order valence-corrected chi connectivity index (χ0v) is 27.4. The van der Waals surface area contributed by atoms with E-state index in [0.717, 1.165) is 9.13 Å². The molecule has 0 unspecified atom stereocenters. The maximum atomic E-state index is 12.8. The molecule has 0 saturated heterocycles. The van der Waals surface area contributed by atoms with E-state index in [-0.39, 0.29) is 31.2 Å². The Hall–Kier alpha value is -4.41. The number of rotatable bonds is 20. The lowest BCUT2D eigenvalue weighted by molar-refractivity contribution is -0.147. The van der Waals surface area contributed by atoms with Crippen LogP contribution in [0.15, 0.2) is 42.5 Å². The minimum absolute atomic E-state index is 0.102. The Morgan fingerprint density at radius 2 is 1.46 bits per heavy atom. The zero-order chi connectivity index (χ0) is 34.1. The maximum absolute atomic E-state index is 12.8. The van der Waals surface area contributed by atoms with Crippen LogP contribution in [0, 0.1) is 10.5 Å². The van der Waals surface area contributed by atoms with E-state index in [1.54, 1.807) is 30.3 Å². The third-order valence-electron chi connectivity index (χ3n) is 6.56. The van der Waals surface area contributed by atoms with Crippen LogP contribution in [-0.2, 0) is 19.1 Å². The van der Waals surface area contributed by atoms with E-state index in [1.165, 1.54) is 0 Å². The second-order valence-corrected chi connectivity index (χ2v) is 11.5. The van der Waals surface area contributed by atoms with Crippen LogP contribution in [-0.4, -0.2) is 83.0 Å². The molecule has 0 fully saturated rings. The highest BCUT2D eigenvalue weighted by Crippen LogP contribution is 2.22. The highest BCUT2D eigenvalue weighted by Gasteiger charge is 2.26. The molecule has 3 amide bonds. The molecular weight excluding hydrogens is 717 g/mol. The van der Waals surface area contributed by atoms with Gasteiger partial charge >= 0.3 is 24.0 Å². The van der Waals surface area contributed by atoms with Gasteiger partial charge in [0.25, 0.3) is 11.8 Å². The van der Waals surface area contributed by atoms with Gasteiger partial charge < -0.3 is 40.7 Å². The van der Waals surface area contributed by atoms with Gasteiger partial charge in [-0.2, -0.15) is 0 Å². The number of hydrogen-bond donors (Lipinski definition) is 6. The fourth-order valence-electron chi connectivity index (χ4n) is 4.04. The Morgan fingerprint density at radius 3 is 2.09 bits per heavy atom. The molecule has 0 saturated carbocycles. The summed E-state index contributed by atoms with van der Waals surface area (Å²) in [6, 6.07) is 10.9. The van der Waals surface area contributed by atoms with Gasteiger partial charge in [0.1, 0.15) is 11.8 Å². The summed E-state index contributed by atoms with van der Waals surface area (Å²) in [4.78, 5) is 70.5. The van der Waals surface area contributed by atoms with Crippen molar-refractivity contribution in [2.45, 2.75) is 64.0 Å². The minimum Gasteiger partial charge on any atom is -0.493 e. The number of aliphatic carboxylic acids is 3. The number of hydrogen-bond acceptors (Lipinski definition) is 8. The summed E-state index contributed by atoms with van der Waals surface area (Å²) in [6.45, 7) is 2.95. The van der Waals surface area contributed by atoms with Crippen molar-refractivity contribution in [1.82, 2.24) is 16.0 Å². The standard InChI is InChI=1S/C31H38IN3O11/c1-19-7-9-20(10-8-19)27(38)33-16-4-5-17-45-25-18-21(32)11-12-22(25)28(39)34-15-3-2-6-24(30(42)43)46-31(44)35-23(29(40)41)13-14-26(36)37/h7-12,18,23-24H,2-6,13-17H2,1H3,(H,33,38)(H,34,39)(H,35,44)(H,36,37)(H,40,41)(H,42,43)/t23-,24-/m0/s1. The van der Waals surface area contributed by atoms with Crippen LogP contribution < -0.4 is 20.7 Å². The molecule has 0 bridgehead atoms. The van der Waals surface area contributed by atoms with Crippen LogP contribution in [0.3, 0.4) is 0 Å². The lowest BCUT2D eigenvalue weighted by Crippen LogP contribution is -2.43.